The molecule has 8 heteroatoms. The van der Waals surface area contributed by atoms with E-state index in [4.69, 9.17) is 22.5 Å². The molecule has 0 unspecified atom stereocenters. The van der Waals surface area contributed by atoms with Gasteiger partial charge in [0.2, 0.25) is 10.0 Å². The molecule has 0 spiro atoms. The van der Waals surface area contributed by atoms with Crippen molar-refractivity contribution in [1.82, 2.24) is 4.72 Å². The van der Waals surface area contributed by atoms with Gasteiger partial charge in [-0.05, 0) is 32.0 Å². The van der Waals surface area contributed by atoms with E-state index in [1.807, 2.05) is 0 Å². The highest BCUT2D eigenvalue weighted by Gasteiger charge is 2.30. The number of nitrogens with zero attached hydrogens (tertiary/aromatic N) is 1. The Morgan fingerprint density at radius 3 is 2.61 bits per heavy atom. The summed E-state index contributed by atoms with van der Waals surface area (Å²) >= 11 is 5.73. The van der Waals surface area contributed by atoms with Crippen molar-refractivity contribution >= 4 is 27.5 Å². The lowest BCUT2D eigenvalue weighted by atomic mass is 10.1. The minimum absolute atomic E-state index is 0.00816. The average Bonchev–Trinajstić information content (AvgIpc) is 2.26. The van der Waals surface area contributed by atoms with Crippen LogP contribution in [0.15, 0.2) is 34.3 Å². The maximum Gasteiger partial charge on any atom is 0.241 e. The van der Waals surface area contributed by atoms with Crippen LogP contribution in [0.25, 0.3) is 0 Å². The van der Waals surface area contributed by atoms with Crippen LogP contribution in [0.1, 0.15) is 13.8 Å². The molecule has 0 aliphatic rings. The number of rotatable bonds is 4. The van der Waals surface area contributed by atoms with Gasteiger partial charge in [0.1, 0.15) is 0 Å². The van der Waals surface area contributed by atoms with E-state index >= 15 is 0 Å². The number of hydrogen-bond acceptors (Lipinski definition) is 4. The molecule has 0 aliphatic carbocycles. The maximum atomic E-state index is 12.1. The molecule has 0 saturated carbocycles. The Kier molecular flexibility index (Phi) is 4.20. The highest BCUT2D eigenvalue weighted by molar-refractivity contribution is 7.89. The Hall–Kier alpha value is -1.31. The second kappa shape index (κ2) is 5.13. The van der Waals surface area contributed by atoms with Crippen LogP contribution >= 0.6 is 11.6 Å². The molecule has 18 heavy (non-hydrogen) atoms. The molecule has 6 nitrogen and oxygen atoms in total. The zero-order chi connectivity index (χ0) is 14.0. The predicted molar refractivity (Wildman–Crippen MR) is 69.3 cm³/mol. The molecule has 0 heterocycles. The van der Waals surface area contributed by atoms with Gasteiger partial charge in [0.25, 0.3) is 0 Å². The first-order valence-corrected chi connectivity index (χ1v) is 6.83. The van der Waals surface area contributed by atoms with Crippen molar-refractivity contribution in [2.75, 3.05) is 0 Å². The van der Waals surface area contributed by atoms with Crippen molar-refractivity contribution in [3.8, 4) is 0 Å². The Morgan fingerprint density at radius 2 is 2.11 bits per heavy atom. The third-order valence-electron chi connectivity index (χ3n) is 2.24. The molecule has 0 radical (unpaired) electrons. The van der Waals surface area contributed by atoms with Crippen molar-refractivity contribution in [2.45, 2.75) is 24.3 Å². The topological polar surface area (TPSA) is 105 Å². The summed E-state index contributed by atoms with van der Waals surface area (Å²) in [6, 6.07) is 5.80. The van der Waals surface area contributed by atoms with E-state index in [9.17, 15) is 8.42 Å². The van der Waals surface area contributed by atoms with Crippen LogP contribution in [0.4, 0.5) is 0 Å². The van der Waals surface area contributed by atoms with Crippen LogP contribution < -0.4 is 10.5 Å². The number of sulfonamides is 1. The fourth-order valence-corrected chi connectivity index (χ4v) is 2.90. The number of halogens is 1. The number of hydrogen-bond donors (Lipinski definition) is 3. The molecule has 0 bridgehead atoms. The van der Waals surface area contributed by atoms with Gasteiger partial charge in [-0.15, -0.1) is 0 Å². The Labute approximate surface area is 110 Å². The number of nitrogens with two attached hydrogens (primary N) is 1. The molecule has 0 amide bonds. The number of amidine groups is 1. The van der Waals surface area contributed by atoms with E-state index in [-0.39, 0.29) is 10.7 Å². The van der Waals surface area contributed by atoms with E-state index in [2.05, 4.69) is 9.88 Å². The zero-order valence-corrected chi connectivity index (χ0v) is 11.5. The molecular weight excluding hydrogens is 278 g/mol. The normalized spacial score (nSPS) is 13.6. The van der Waals surface area contributed by atoms with Gasteiger partial charge in [-0.25, -0.2) is 8.42 Å². The molecule has 1 aromatic rings. The largest absolute Gasteiger partial charge is 0.409 e. The second-order valence-electron chi connectivity index (χ2n) is 4.17. The van der Waals surface area contributed by atoms with Crippen molar-refractivity contribution in [2.24, 2.45) is 10.9 Å². The second-order valence-corrected chi connectivity index (χ2v) is 6.29. The molecule has 0 saturated heterocycles. The first kappa shape index (κ1) is 14.7. The smallest absolute Gasteiger partial charge is 0.241 e. The SMILES string of the molecule is CC(C)(NS(=O)(=O)c1cccc(Cl)c1)/C(N)=N/O. The van der Waals surface area contributed by atoms with E-state index in [1.54, 1.807) is 6.07 Å². The lowest BCUT2D eigenvalue weighted by Gasteiger charge is -2.24. The highest BCUT2D eigenvalue weighted by atomic mass is 35.5. The molecule has 0 fully saturated rings. The fraction of sp³-hybridized carbons (Fsp3) is 0.300. The van der Waals surface area contributed by atoms with Gasteiger partial charge in [-0.3, -0.25) is 0 Å². The van der Waals surface area contributed by atoms with Crippen molar-refractivity contribution in [3.05, 3.63) is 29.3 Å². The highest BCUT2D eigenvalue weighted by Crippen LogP contribution is 2.17. The summed E-state index contributed by atoms with van der Waals surface area (Å²) in [5.41, 5.74) is 4.20. The molecule has 1 aromatic carbocycles. The molecule has 0 atom stereocenters. The van der Waals surface area contributed by atoms with E-state index in [0.717, 1.165) is 0 Å². The summed E-state index contributed by atoms with van der Waals surface area (Å²) in [5, 5.41) is 11.7. The van der Waals surface area contributed by atoms with Gasteiger partial charge in [0, 0.05) is 5.02 Å². The first-order chi connectivity index (χ1) is 8.19. The minimum Gasteiger partial charge on any atom is -0.409 e. The average molecular weight is 292 g/mol. The number of benzene rings is 1. The Morgan fingerprint density at radius 1 is 1.50 bits per heavy atom. The van der Waals surface area contributed by atoms with Gasteiger partial charge in [0.15, 0.2) is 5.84 Å². The summed E-state index contributed by atoms with van der Waals surface area (Å²) in [5.74, 6) is -0.242. The Bertz CT molecular complexity index is 569. The quantitative estimate of drug-likeness (QED) is 0.335. The van der Waals surface area contributed by atoms with Crippen molar-refractivity contribution in [3.63, 3.8) is 0 Å². The molecule has 0 aliphatic heterocycles. The predicted octanol–water partition coefficient (Wildman–Crippen LogP) is 1.14. The molecular formula is C10H14ClN3O3S. The number of nitrogens with one attached hydrogen (secondary N) is 1. The summed E-state index contributed by atoms with van der Waals surface area (Å²) in [7, 11) is -3.80. The van der Waals surface area contributed by atoms with Crippen LogP contribution in [0.3, 0.4) is 0 Å². The van der Waals surface area contributed by atoms with Crippen LogP contribution in [-0.2, 0) is 10.0 Å². The summed E-state index contributed by atoms with van der Waals surface area (Å²) in [6.07, 6.45) is 0. The monoisotopic (exact) mass is 291 g/mol. The van der Waals surface area contributed by atoms with E-state index in [0.29, 0.717) is 5.02 Å². The number of oxime groups is 1. The zero-order valence-electron chi connectivity index (χ0n) is 9.88. The minimum atomic E-state index is -3.80. The van der Waals surface area contributed by atoms with Crippen LogP contribution in [0, 0.1) is 0 Å². The summed E-state index contributed by atoms with van der Waals surface area (Å²) in [6.45, 7) is 2.95. The van der Waals surface area contributed by atoms with Crippen molar-refractivity contribution < 1.29 is 13.6 Å². The third kappa shape index (κ3) is 3.34. The fourth-order valence-electron chi connectivity index (χ4n) is 1.21. The molecule has 4 N–H and O–H groups in total. The maximum absolute atomic E-state index is 12.1. The van der Waals surface area contributed by atoms with E-state index < -0.39 is 15.6 Å². The van der Waals surface area contributed by atoms with Gasteiger partial charge in [-0.2, -0.15) is 4.72 Å². The summed E-state index contributed by atoms with van der Waals surface area (Å²) in [4.78, 5) is 0.00816. The van der Waals surface area contributed by atoms with Gasteiger partial charge in [0.05, 0.1) is 10.4 Å². The van der Waals surface area contributed by atoms with Gasteiger partial charge < -0.3 is 10.9 Å². The van der Waals surface area contributed by atoms with Gasteiger partial charge in [-0.1, -0.05) is 22.8 Å². The molecule has 1 rings (SSSR count). The Balaban J connectivity index is 3.10. The summed E-state index contributed by atoms with van der Waals surface area (Å²) < 4.78 is 26.4. The van der Waals surface area contributed by atoms with E-state index in [1.165, 1.54) is 32.0 Å². The lowest BCUT2D eigenvalue weighted by molar-refractivity contribution is 0.312. The first-order valence-electron chi connectivity index (χ1n) is 4.96. The lowest BCUT2D eigenvalue weighted by Crippen LogP contribution is -2.52. The van der Waals surface area contributed by atoms with Crippen molar-refractivity contribution in [1.29, 1.82) is 0 Å². The molecule has 0 aromatic heterocycles. The van der Waals surface area contributed by atoms with Gasteiger partial charge >= 0.3 is 0 Å². The standard InChI is InChI=1S/C10H14ClN3O3S/c1-10(2,9(12)13-15)14-18(16,17)8-5-3-4-7(11)6-8/h3-6,14-15H,1-2H3,(H2,12,13). The molecule has 100 valence electrons. The third-order valence-corrected chi connectivity index (χ3v) is 4.13. The van der Waals surface area contributed by atoms with Crippen LogP contribution in [0.2, 0.25) is 5.02 Å². The van der Waals surface area contributed by atoms with Crippen LogP contribution in [-0.4, -0.2) is 25.0 Å². The van der Waals surface area contributed by atoms with Crippen LogP contribution in [0.5, 0.6) is 0 Å².